The molecule has 1 aromatic carbocycles. The Bertz CT molecular complexity index is 539. The SMILES string of the molecule is NNC(Cc1cc(F)cc(F)c1)Cc1sccc1Br. The minimum Gasteiger partial charge on any atom is -0.271 e. The lowest BCUT2D eigenvalue weighted by Gasteiger charge is -2.15. The highest BCUT2D eigenvalue weighted by Crippen LogP contribution is 2.24. The van der Waals surface area contributed by atoms with Gasteiger partial charge in [-0.15, -0.1) is 11.3 Å². The van der Waals surface area contributed by atoms with Gasteiger partial charge in [-0.05, 0) is 57.9 Å². The summed E-state index contributed by atoms with van der Waals surface area (Å²) in [6, 6.07) is 5.42. The standard InChI is InChI=1S/C13H13BrF2N2S/c14-12-1-2-19-13(12)7-11(18-17)5-8-3-9(15)6-10(16)4-8/h1-4,6,11,18H,5,7,17H2. The van der Waals surface area contributed by atoms with Crippen molar-refractivity contribution in [2.45, 2.75) is 18.9 Å². The number of hydrogen-bond acceptors (Lipinski definition) is 3. The molecule has 0 saturated heterocycles. The average molecular weight is 347 g/mol. The lowest BCUT2D eigenvalue weighted by Crippen LogP contribution is -2.38. The van der Waals surface area contributed by atoms with Gasteiger partial charge in [-0.2, -0.15) is 0 Å². The minimum atomic E-state index is -0.567. The van der Waals surface area contributed by atoms with Gasteiger partial charge in [0.25, 0.3) is 0 Å². The van der Waals surface area contributed by atoms with E-state index in [-0.39, 0.29) is 6.04 Å². The first-order valence-electron chi connectivity index (χ1n) is 5.71. The Morgan fingerprint density at radius 1 is 1.21 bits per heavy atom. The summed E-state index contributed by atoms with van der Waals surface area (Å²) in [4.78, 5) is 1.15. The highest BCUT2D eigenvalue weighted by molar-refractivity contribution is 9.10. The Labute approximate surface area is 122 Å². The number of halogens is 3. The molecule has 1 heterocycles. The third-order valence-corrected chi connectivity index (χ3v) is 4.71. The molecule has 0 fully saturated rings. The lowest BCUT2D eigenvalue weighted by atomic mass is 10.0. The van der Waals surface area contributed by atoms with Gasteiger partial charge in [0.1, 0.15) is 11.6 Å². The van der Waals surface area contributed by atoms with Crippen LogP contribution in [0.2, 0.25) is 0 Å². The summed E-state index contributed by atoms with van der Waals surface area (Å²) in [6.45, 7) is 0. The van der Waals surface area contributed by atoms with Gasteiger partial charge in [0.2, 0.25) is 0 Å². The fourth-order valence-corrected chi connectivity index (χ4v) is 3.49. The van der Waals surface area contributed by atoms with E-state index in [9.17, 15) is 8.78 Å². The molecule has 0 aliphatic heterocycles. The van der Waals surface area contributed by atoms with Crippen molar-refractivity contribution < 1.29 is 8.78 Å². The maximum Gasteiger partial charge on any atom is 0.126 e. The molecule has 0 bridgehead atoms. The van der Waals surface area contributed by atoms with E-state index in [0.717, 1.165) is 15.4 Å². The van der Waals surface area contributed by atoms with Gasteiger partial charge in [-0.25, -0.2) is 8.78 Å². The first-order valence-corrected chi connectivity index (χ1v) is 7.38. The van der Waals surface area contributed by atoms with Crippen molar-refractivity contribution >= 4 is 27.3 Å². The molecule has 2 rings (SSSR count). The van der Waals surface area contributed by atoms with Gasteiger partial charge in [0.15, 0.2) is 0 Å². The van der Waals surface area contributed by atoms with Crippen molar-refractivity contribution in [3.8, 4) is 0 Å². The fraction of sp³-hybridized carbons (Fsp3) is 0.231. The predicted octanol–water partition coefficient (Wildman–Crippen LogP) is 3.41. The second-order valence-electron chi connectivity index (χ2n) is 4.24. The van der Waals surface area contributed by atoms with E-state index < -0.39 is 11.6 Å². The van der Waals surface area contributed by atoms with Crippen LogP contribution in [0.15, 0.2) is 34.1 Å². The summed E-state index contributed by atoms with van der Waals surface area (Å²) in [7, 11) is 0. The molecule has 6 heteroatoms. The summed E-state index contributed by atoms with van der Waals surface area (Å²) in [5.74, 6) is 4.38. The summed E-state index contributed by atoms with van der Waals surface area (Å²) in [5.41, 5.74) is 3.29. The van der Waals surface area contributed by atoms with Crippen molar-refractivity contribution in [3.63, 3.8) is 0 Å². The Hall–Kier alpha value is -0.820. The molecule has 1 atom stereocenters. The molecule has 0 saturated carbocycles. The average Bonchev–Trinajstić information content (AvgIpc) is 2.73. The third kappa shape index (κ3) is 4.07. The van der Waals surface area contributed by atoms with Crippen molar-refractivity contribution in [3.05, 3.63) is 56.2 Å². The molecule has 0 amide bonds. The van der Waals surface area contributed by atoms with E-state index in [1.165, 1.54) is 12.1 Å². The number of nitrogens with one attached hydrogen (secondary N) is 1. The maximum absolute atomic E-state index is 13.1. The molecule has 3 N–H and O–H groups in total. The Balaban J connectivity index is 2.08. The number of thiophene rings is 1. The van der Waals surface area contributed by atoms with Crippen LogP contribution in [0.25, 0.3) is 0 Å². The molecule has 2 nitrogen and oxygen atoms in total. The zero-order valence-electron chi connectivity index (χ0n) is 10.00. The topological polar surface area (TPSA) is 38.0 Å². The van der Waals surface area contributed by atoms with Crippen LogP contribution in [-0.2, 0) is 12.8 Å². The van der Waals surface area contributed by atoms with Crippen LogP contribution in [0.5, 0.6) is 0 Å². The maximum atomic E-state index is 13.1. The smallest absolute Gasteiger partial charge is 0.126 e. The summed E-state index contributed by atoms with van der Waals surface area (Å²) >= 11 is 5.07. The molecule has 0 aliphatic carbocycles. The summed E-state index contributed by atoms with van der Waals surface area (Å²) in [5, 5.41) is 1.98. The van der Waals surface area contributed by atoms with E-state index in [0.29, 0.717) is 18.4 Å². The Morgan fingerprint density at radius 2 is 1.89 bits per heavy atom. The number of nitrogens with two attached hydrogens (primary N) is 1. The predicted molar refractivity (Wildman–Crippen MR) is 76.9 cm³/mol. The largest absolute Gasteiger partial charge is 0.271 e. The van der Waals surface area contributed by atoms with Crippen LogP contribution in [0.1, 0.15) is 10.4 Å². The van der Waals surface area contributed by atoms with E-state index in [1.54, 1.807) is 11.3 Å². The zero-order valence-corrected chi connectivity index (χ0v) is 12.4. The second kappa shape index (κ2) is 6.56. The van der Waals surface area contributed by atoms with Crippen molar-refractivity contribution in [2.75, 3.05) is 0 Å². The zero-order chi connectivity index (χ0) is 13.8. The first-order chi connectivity index (χ1) is 9.08. The van der Waals surface area contributed by atoms with Crippen molar-refractivity contribution in [1.29, 1.82) is 0 Å². The molecule has 2 aromatic rings. The highest BCUT2D eigenvalue weighted by Gasteiger charge is 2.13. The lowest BCUT2D eigenvalue weighted by molar-refractivity contribution is 0.518. The van der Waals surface area contributed by atoms with Crippen molar-refractivity contribution in [2.24, 2.45) is 5.84 Å². The molecule has 19 heavy (non-hydrogen) atoms. The van der Waals surface area contributed by atoms with E-state index >= 15 is 0 Å². The normalized spacial score (nSPS) is 12.6. The van der Waals surface area contributed by atoms with Gasteiger partial charge < -0.3 is 0 Å². The quantitative estimate of drug-likeness (QED) is 0.643. The first kappa shape index (κ1) is 14.6. The second-order valence-corrected chi connectivity index (χ2v) is 6.10. The Kier molecular flexibility index (Phi) is 5.04. The van der Waals surface area contributed by atoms with E-state index in [4.69, 9.17) is 5.84 Å². The highest BCUT2D eigenvalue weighted by atomic mass is 79.9. The van der Waals surface area contributed by atoms with E-state index in [1.807, 2.05) is 11.4 Å². The van der Waals surface area contributed by atoms with E-state index in [2.05, 4.69) is 21.4 Å². The third-order valence-electron chi connectivity index (χ3n) is 2.76. The summed E-state index contributed by atoms with van der Waals surface area (Å²) < 4.78 is 27.3. The molecule has 1 aromatic heterocycles. The molecular weight excluding hydrogens is 334 g/mol. The Morgan fingerprint density at radius 3 is 2.42 bits per heavy atom. The van der Waals surface area contributed by atoms with Crippen LogP contribution in [0, 0.1) is 11.6 Å². The molecule has 0 radical (unpaired) electrons. The number of rotatable bonds is 5. The number of benzene rings is 1. The fourth-order valence-electron chi connectivity index (χ4n) is 1.90. The van der Waals surface area contributed by atoms with Crippen LogP contribution in [-0.4, -0.2) is 6.04 Å². The van der Waals surface area contributed by atoms with Crippen LogP contribution in [0.4, 0.5) is 8.78 Å². The van der Waals surface area contributed by atoms with Gasteiger partial charge >= 0.3 is 0 Å². The molecule has 0 aliphatic rings. The minimum absolute atomic E-state index is 0.0730. The molecular formula is C13H13BrF2N2S. The summed E-state index contributed by atoms with van der Waals surface area (Å²) in [6.07, 6.45) is 1.17. The number of hydrogen-bond donors (Lipinski definition) is 2. The van der Waals surface area contributed by atoms with Crippen LogP contribution >= 0.6 is 27.3 Å². The van der Waals surface area contributed by atoms with Crippen LogP contribution < -0.4 is 11.3 Å². The van der Waals surface area contributed by atoms with Gasteiger partial charge in [-0.3, -0.25) is 11.3 Å². The molecule has 0 spiro atoms. The monoisotopic (exact) mass is 346 g/mol. The van der Waals surface area contributed by atoms with Crippen LogP contribution in [0.3, 0.4) is 0 Å². The molecule has 1 unspecified atom stereocenters. The van der Waals surface area contributed by atoms with Gasteiger partial charge in [-0.1, -0.05) is 0 Å². The van der Waals surface area contributed by atoms with Gasteiger partial charge in [0, 0.05) is 21.5 Å². The molecule has 102 valence electrons. The van der Waals surface area contributed by atoms with Crippen molar-refractivity contribution in [1.82, 2.24) is 5.43 Å². The number of hydrazine groups is 1. The van der Waals surface area contributed by atoms with Gasteiger partial charge in [0.05, 0.1) is 0 Å².